The normalized spacial score (nSPS) is 30.2. The second-order valence-electron chi connectivity index (χ2n) is 9.28. The molecule has 1 heterocycles. The number of methoxy groups -OCH3 is 1. The maximum absolute atomic E-state index is 13.5. The van der Waals surface area contributed by atoms with Crippen LogP contribution in [-0.2, 0) is 16.1 Å². The summed E-state index contributed by atoms with van der Waals surface area (Å²) in [6, 6.07) is 5.62. The van der Waals surface area contributed by atoms with Gasteiger partial charge in [-0.25, -0.2) is 0 Å². The van der Waals surface area contributed by atoms with Gasteiger partial charge in [-0.1, -0.05) is 46.7 Å². The minimum atomic E-state index is -0.230. The maximum atomic E-state index is 13.5. The van der Waals surface area contributed by atoms with Gasteiger partial charge in [-0.3, -0.25) is 4.79 Å². The van der Waals surface area contributed by atoms with E-state index in [0.29, 0.717) is 23.2 Å². The monoisotopic (exact) mass is 464 g/mol. The van der Waals surface area contributed by atoms with E-state index in [1.165, 1.54) is 30.6 Å². The summed E-state index contributed by atoms with van der Waals surface area (Å²) in [6.07, 6.45) is 9.03. The molecule has 0 unspecified atom stereocenters. The van der Waals surface area contributed by atoms with Crippen molar-refractivity contribution in [3.8, 4) is 10.4 Å². The first kappa shape index (κ1) is 20.7. The van der Waals surface area contributed by atoms with Crippen LogP contribution in [0.5, 0.6) is 0 Å². The summed E-state index contributed by atoms with van der Waals surface area (Å²) in [5, 5.41) is 1.05. The molecule has 160 valence electrons. The molecule has 0 radical (unpaired) electrons. The van der Waals surface area contributed by atoms with E-state index in [4.69, 9.17) is 32.9 Å². The topological polar surface area (TPSA) is 43.6 Å². The van der Waals surface area contributed by atoms with Gasteiger partial charge in [0.05, 0.1) is 26.9 Å². The number of hydrogen-bond donors (Lipinski definition) is 0. The molecule has 30 heavy (non-hydrogen) atoms. The molecule has 0 spiro atoms. The van der Waals surface area contributed by atoms with Crippen molar-refractivity contribution in [1.29, 1.82) is 0 Å². The van der Waals surface area contributed by atoms with Gasteiger partial charge in [-0.2, -0.15) is 4.99 Å². The van der Waals surface area contributed by atoms with Crippen LogP contribution in [0.2, 0.25) is 10.0 Å². The van der Waals surface area contributed by atoms with E-state index in [1.807, 2.05) is 22.9 Å². The van der Waals surface area contributed by atoms with Crippen molar-refractivity contribution in [3.05, 3.63) is 39.2 Å². The third kappa shape index (κ3) is 3.68. The number of thiazole rings is 1. The predicted molar refractivity (Wildman–Crippen MR) is 121 cm³/mol. The first-order chi connectivity index (χ1) is 14.5. The van der Waals surface area contributed by atoms with E-state index in [2.05, 4.69) is 0 Å². The van der Waals surface area contributed by atoms with E-state index in [-0.39, 0.29) is 11.3 Å². The summed E-state index contributed by atoms with van der Waals surface area (Å²) in [5.41, 5.74) is 0.634. The number of nitrogens with zero attached hydrogens (tertiary/aromatic N) is 2. The predicted octanol–water partition coefficient (Wildman–Crippen LogP) is 5.81. The molecular weight excluding hydrogens is 439 g/mol. The Balaban J connectivity index is 1.52. The third-order valence-electron chi connectivity index (χ3n) is 7.16. The van der Waals surface area contributed by atoms with Crippen LogP contribution in [0.1, 0.15) is 38.5 Å². The zero-order chi connectivity index (χ0) is 20.9. The molecule has 0 N–H and O–H groups in total. The van der Waals surface area contributed by atoms with Crippen LogP contribution in [0, 0.1) is 23.2 Å². The molecule has 0 saturated heterocycles. The van der Waals surface area contributed by atoms with Crippen LogP contribution < -0.4 is 4.80 Å². The lowest BCUT2D eigenvalue weighted by atomic mass is 9.49. The van der Waals surface area contributed by atoms with E-state index in [1.54, 1.807) is 13.2 Å². The van der Waals surface area contributed by atoms with Crippen molar-refractivity contribution in [2.75, 3.05) is 13.7 Å². The van der Waals surface area contributed by atoms with Gasteiger partial charge in [0.15, 0.2) is 4.80 Å². The quantitative estimate of drug-likeness (QED) is 0.559. The molecule has 2 aromatic rings. The largest absolute Gasteiger partial charge is 0.383 e. The van der Waals surface area contributed by atoms with Gasteiger partial charge < -0.3 is 9.30 Å². The lowest BCUT2D eigenvalue weighted by Gasteiger charge is -2.55. The van der Waals surface area contributed by atoms with Crippen molar-refractivity contribution in [2.45, 2.75) is 45.1 Å². The van der Waals surface area contributed by atoms with Gasteiger partial charge in [0.25, 0.3) is 5.91 Å². The van der Waals surface area contributed by atoms with Gasteiger partial charge in [0, 0.05) is 25.4 Å². The Hall–Kier alpha value is -1.14. The van der Waals surface area contributed by atoms with Crippen molar-refractivity contribution < 1.29 is 9.53 Å². The smallest absolute Gasteiger partial charge is 0.254 e. The fourth-order valence-electron chi connectivity index (χ4n) is 6.21. The highest BCUT2D eigenvalue weighted by molar-refractivity contribution is 7.13. The molecule has 4 aliphatic rings. The Morgan fingerprint density at radius 3 is 2.50 bits per heavy atom. The van der Waals surface area contributed by atoms with Crippen molar-refractivity contribution in [2.24, 2.45) is 28.2 Å². The molecule has 0 aliphatic heterocycles. The van der Waals surface area contributed by atoms with Gasteiger partial charge >= 0.3 is 0 Å². The first-order valence-corrected chi connectivity index (χ1v) is 12.3. The molecule has 4 aliphatic carbocycles. The van der Waals surface area contributed by atoms with Gasteiger partial charge in [0.2, 0.25) is 0 Å². The number of benzene rings is 1. The molecule has 4 fully saturated rings. The summed E-state index contributed by atoms with van der Waals surface area (Å²) < 4.78 is 7.29. The minimum Gasteiger partial charge on any atom is -0.383 e. The Bertz CT molecular complexity index is 1010. The molecular formula is C23H26Cl2N2O2S. The summed E-state index contributed by atoms with van der Waals surface area (Å²) in [4.78, 5) is 19.9. The maximum Gasteiger partial charge on any atom is 0.254 e. The van der Waals surface area contributed by atoms with Crippen LogP contribution in [0.4, 0.5) is 0 Å². The highest BCUT2D eigenvalue weighted by Crippen LogP contribution is 2.60. The zero-order valence-corrected chi connectivity index (χ0v) is 19.4. The van der Waals surface area contributed by atoms with Crippen molar-refractivity contribution in [1.82, 2.24) is 4.57 Å². The summed E-state index contributed by atoms with van der Waals surface area (Å²) in [6.45, 7) is 1.19. The number of carbonyl (C=O) groups excluding carboxylic acids is 1. The van der Waals surface area contributed by atoms with Crippen LogP contribution in [-0.4, -0.2) is 24.2 Å². The van der Waals surface area contributed by atoms with Crippen LogP contribution in [0.3, 0.4) is 0 Å². The second-order valence-corrected chi connectivity index (χ2v) is 11.1. The van der Waals surface area contributed by atoms with Crippen molar-refractivity contribution >= 4 is 40.4 Å². The first-order valence-electron chi connectivity index (χ1n) is 10.7. The zero-order valence-electron chi connectivity index (χ0n) is 17.1. The summed E-state index contributed by atoms with van der Waals surface area (Å²) in [5.74, 6) is 2.25. The standard InChI is InChI=1S/C23H26Cl2N2O2S/c1-29-6-5-27-13-19(17-3-2-4-18(24)20(17)25)30-22(27)26-21(28)23-10-14-7-15(11-23)9-16(8-14)12-23/h2-4,13-16H,5-12H2,1H3. The average molecular weight is 465 g/mol. The molecule has 7 heteroatoms. The van der Waals surface area contributed by atoms with E-state index < -0.39 is 0 Å². The average Bonchev–Trinajstić information content (AvgIpc) is 3.09. The molecule has 1 aromatic carbocycles. The number of aromatic nitrogens is 1. The Morgan fingerprint density at radius 1 is 1.20 bits per heavy atom. The number of hydrogen-bond acceptors (Lipinski definition) is 3. The number of halogens is 2. The van der Waals surface area contributed by atoms with E-state index >= 15 is 0 Å². The summed E-state index contributed by atoms with van der Waals surface area (Å²) >= 11 is 14.2. The highest BCUT2D eigenvalue weighted by atomic mass is 35.5. The van der Waals surface area contributed by atoms with E-state index in [0.717, 1.165) is 52.3 Å². The molecule has 1 aromatic heterocycles. The molecule has 4 saturated carbocycles. The third-order valence-corrected chi connectivity index (χ3v) is 9.04. The fraction of sp³-hybridized carbons (Fsp3) is 0.565. The Labute approximate surface area is 190 Å². The lowest BCUT2D eigenvalue weighted by molar-refractivity contribution is -0.142. The summed E-state index contributed by atoms with van der Waals surface area (Å²) in [7, 11) is 1.68. The molecule has 4 nitrogen and oxygen atoms in total. The van der Waals surface area contributed by atoms with Gasteiger partial charge in [-0.05, 0) is 62.3 Å². The Morgan fingerprint density at radius 2 is 1.87 bits per heavy atom. The number of amides is 1. The number of carbonyl (C=O) groups is 1. The lowest BCUT2D eigenvalue weighted by Crippen LogP contribution is -2.49. The van der Waals surface area contributed by atoms with Crippen LogP contribution >= 0.6 is 34.5 Å². The molecule has 1 amide bonds. The van der Waals surface area contributed by atoms with E-state index in [9.17, 15) is 4.79 Å². The second kappa shape index (κ2) is 8.09. The number of ether oxygens (including phenoxy) is 1. The van der Waals surface area contributed by atoms with Crippen LogP contribution in [0.15, 0.2) is 29.4 Å². The van der Waals surface area contributed by atoms with Crippen LogP contribution in [0.25, 0.3) is 10.4 Å². The Kier molecular flexibility index (Phi) is 5.59. The van der Waals surface area contributed by atoms with Gasteiger partial charge in [-0.15, -0.1) is 0 Å². The number of rotatable bonds is 5. The molecule has 6 rings (SSSR count). The van der Waals surface area contributed by atoms with Gasteiger partial charge in [0.1, 0.15) is 0 Å². The van der Waals surface area contributed by atoms with Crippen molar-refractivity contribution in [3.63, 3.8) is 0 Å². The fourth-order valence-corrected chi connectivity index (χ4v) is 7.72. The molecule has 0 atom stereocenters. The highest BCUT2D eigenvalue weighted by Gasteiger charge is 2.54. The molecule has 4 bridgehead atoms. The minimum absolute atomic E-state index is 0.0818. The SMILES string of the molecule is COCCn1cc(-c2cccc(Cl)c2Cl)sc1=NC(=O)C12CC3CC(CC(C3)C1)C2.